The number of rotatable bonds is 4. The minimum Gasteiger partial charge on any atom is -0.444 e. The van der Waals surface area contributed by atoms with Gasteiger partial charge < -0.3 is 10.1 Å². The van der Waals surface area contributed by atoms with Crippen LogP contribution < -0.4 is 10.6 Å². The van der Waals surface area contributed by atoms with E-state index in [4.69, 9.17) is 4.74 Å². The predicted octanol–water partition coefficient (Wildman–Crippen LogP) is 3.69. The van der Waals surface area contributed by atoms with E-state index in [0.717, 1.165) is 6.26 Å². The first-order chi connectivity index (χ1) is 12.4. The molecule has 0 saturated heterocycles. The average molecular weight is 390 g/mol. The minimum absolute atomic E-state index is 0.122. The first-order valence-electron chi connectivity index (χ1n) is 8.15. The average Bonchev–Trinajstić information content (AvgIpc) is 2.53. The van der Waals surface area contributed by atoms with Crippen molar-refractivity contribution in [1.29, 1.82) is 0 Å². The van der Waals surface area contributed by atoms with E-state index in [1.54, 1.807) is 57.2 Å². The molecule has 0 aliphatic carbocycles. The summed E-state index contributed by atoms with van der Waals surface area (Å²) >= 11 is 0. The molecule has 7 nitrogen and oxygen atoms in total. The summed E-state index contributed by atoms with van der Waals surface area (Å²) in [5, 5.41) is 5.23. The molecule has 27 heavy (non-hydrogen) atoms. The van der Waals surface area contributed by atoms with Gasteiger partial charge in [0.25, 0.3) is 5.91 Å². The Morgan fingerprint density at radius 3 is 2.11 bits per heavy atom. The number of sulfone groups is 1. The van der Waals surface area contributed by atoms with Crippen LogP contribution in [-0.4, -0.2) is 32.3 Å². The fourth-order valence-electron chi connectivity index (χ4n) is 2.13. The Morgan fingerprint density at radius 2 is 1.56 bits per heavy atom. The van der Waals surface area contributed by atoms with Gasteiger partial charge in [0.15, 0.2) is 9.84 Å². The molecular weight excluding hydrogens is 368 g/mol. The van der Waals surface area contributed by atoms with Crippen molar-refractivity contribution in [2.75, 3.05) is 16.9 Å². The lowest BCUT2D eigenvalue weighted by atomic mass is 10.2. The van der Waals surface area contributed by atoms with Gasteiger partial charge in [-0.2, -0.15) is 0 Å². The number of carbonyl (C=O) groups excluding carboxylic acids is 2. The van der Waals surface area contributed by atoms with E-state index < -0.39 is 27.4 Å². The molecule has 0 heterocycles. The van der Waals surface area contributed by atoms with E-state index in [-0.39, 0.29) is 4.90 Å². The number of benzene rings is 2. The van der Waals surface area contributed by atoms with Crippen LogP contribution in [0, 0.1) is 0 Å². The first-order valence-corrected chi connectivity index (χ1v) is 10.0. The SMILES string of the molecule is CC(C)(C)OC(=O)Nc1ccc(C(=O)Nc2cccc(S(C)(=O)=O)c2)cc1. The molecule has 0 aliphatic rings. The van der Waals surface area contributed by atoms with Crippen LogP contribution in [-0.2, 0) is 14.6 Å². The predicted molar refractivity (Wildman–Crippen MR) is 104 cm³/mol. The molecule has 0 atom stereocenters. The third-order valence-electron chi connectivity index (χ3n) is 3.31. The minimum atomic E-state index is -3.36. The highest BCUT2D eigenvalue weighted by Crippen LogP contribution is 2.17. The van der Waals surface area contributed by atoms with Gasteiger partial charge in [-0.3, -0.25) is 10.1 Å². The smallest absolute Gasteiger partial charge is 0.412 e. The van der Waals surface area contributed by atoms with Crippen molar-refractivity contribution in [3.8, 4) is 0 Å². The fraction of sp³-hybridized carbons (Fsp3) is 0.263. The summed E-state index contributed by atoms with van der Waals surface area (Å²) in [7, 11) is -3.36. The summed E-state index contributed by atoms with van der Waals surface area (Å²) in [4.78, 5) is 24.2. The van der Waals surface area contributed by atoms with E-state index in [2.05, 4.69) is 10.6 Å². The molecule has 0 aliphatic heterocycles. The first kappa shape index (κ1) is 20.4. The van der Waals surface area contributed by atoms with Gasteiger partial charge in [0.1, 0.15) is 5.60 Å². The molecule has 2 aromatic carbocycles. The number of carbonyl (C=O) groups is 2. The Bertz CT molecular complexity index is 945. The molecule has 0 unspecified atom stereocenters. The van der Waals surface area contributed by atoms with Crippen molar-refractivity contribution in [3.05, 3.63) is 54.1 Å². The summed E-state index contributed by atoms with van der Waals surface area (Å²) < 4.78 is 28.4. The molecule has 8 heteroatoms. The molecule has 0 radical (unpaired) electrons. The van der Waals surface area contributed by atoms with Gasteiger partial charge in [0.05, 0.1) is 4.90 Å². The van der Waals surface area contributed by atoms with Crippen LogP contribution in [0.15, 0.2) is 53.4 Å². The molecule has 0 fully saturated rings. The lowest BCUT2D eigenvalue weighted by Crippen LogP contribution is -2.27. The van der Waals surface area contributed by atoms with Crippen LogP contribution in [0.2, 0.25) is 0 Å². The summed E-state index contributed by atoms with van der Waals surface area (Å²) in [5.41, 5.74) is 0.609. The molecular formula is C19H22N2O5S. The van der Waals surface area contributed by atoms with Crippen molar-refractivity contribution in [2.45, 2.75) is 31.3 Å². The largest absolute Gasteiger partial charge is 0.444 e. The highest BCUT2D eigenvalue weighted by Gasteiger charge is 2.16. The topological polar surface area (TPSA) is 102 Å². The maximum atomic E-state index is 12.3. The van der Waals surface area contributed by atoms with Crippen molar-refractivity contribution >= 4 is 33.2 Å². The standard InChI is InChI=1S/C19H22N2O5S/c1-19(2,3)26-18(23)21-14-10-8-13(9-11-14)17(22)20-15-6-5-7-16(12-15)27(4,24)25/h5-12H,1-4H3,(H,20,22)(H,21,23). The van der Waals surface area contributed by atoms with E-state index in [1.807, 2.05) is 0 Å². The normalized spacial score (nSPS) is 11.6. The fourth-order valence-corrected chi connectivity index (χ4v) is 2.80. The zero-order valence-electron chi connectivity index (χ0n) is 15.6. The molecule has 2 aromatic rings. The number of ether oxygens (including phenoxy) is 1. The molecule has 0 aromatic heterocycles. The van der Waals surface area contributed by atoms with Gasteiger partial charge in [-0.05, 0) is 63.2 Å². The Balaban J connectivity index is 2.05. The summed E-state index contributed by atoms with van der Waals surface area (Å²) in [6.07, 6.45) is 0.516. The summed E-state index contributed by atoms with van der Waals surface area (Å²) in [6.45, 7) is 5.29. The lowest BCUT2D eigenvalue weighted by Gasteiger charge is -2.19. The maximum Gasteiger partial charge on any atom is 0.412 e. The van der Waals surface area contributed by atoms with E-state index >= 15 is 0 Å². The van der Waals surface area contributed by atoms with E-state index in [9.17, 15) is 18.0 Å². The highest BCUT2D eigenvalue weighted by molar-refractivity contribution is 7.90. The third kappa shape index (κ3) is 6.41. The summed E-state index contributed by atoms with van der Waals surface area (Å²) in [6, 6.07) is 12.3. The summed E-state index contributed by atoms with van der Waals surface area (Å²) in [5.74, 6) is -0.399. The number of hydrogen-bond donors (Lipinski definition) is 2. The second kappa shape index (κ2) is 7.79. The zero-order chi connectivity index (χ0) is 20.2. The van der Waals surface area contributed by atoms with Crippen LogP contribution in [0.25, 0.3) is 0 Å². The quantitative estimate of drug-likeness (QED) is 0.829. The van der Waals surface area contributed by atoms with Crippen molar-refractivity contribution < 1.29 is 22.7 Å². The van der Waals surface area contributed by atoms with Gasteiger partial charge in [-0.1, -0.05) is 6.07 Å². The zero-order valence-corrected chi connectivity index (χ0v) is 16.4. The van der Waals surface area contributed by atoms with Gasteiger partial charge >= 0.3 is 6.09 Å². The number of nitrogens with one attached hydrogen (secondary N) is 2. The number of amides is 2. The van der Waals surface area contributed by atoms with Crippen LogP contribution >= 0.6 is 0 Å². The number of anilines is 2. The molecule has 2 rings (SSSR count). The Morgan fingerprint density at radius 1 is 0.926 bits per heavy atom. The number of hydrogen-bond acceptors (Lipinski definition) is 5. The van der Waals surface area contributed by atoms with Gasteiger partial charge in [0, 0.05) is 23.2 Å². The van der Waals surface area contributed by atoms with Crippen molar-refractivity contribution in [2.24, 2.45) is 0 Å². The third-order valence-corrected chi connectivity index (χ3v) is 4.42. The molecule has 144 valence electrons. The van der Waals surface area contributed by atoms with Gasteiger partial charge in [0.2, 0.25) is 0 Å². The van der Waals surface area contributed by atoms with E-state index in [1.165, 1.54) is 12.1 Å². The van der Waals surface area contributed by atoms with Crippen molar-refractivity contribution in [3.63, 3.8) is 0 Å². The molecule has 2 N–H and O–H groups in total. The highest BCUT2D eigenvalue weighted by atomic mass is 32.2. The second-order valence-corrected chi connectivity index (χ2v) is 8.97. The van der Waals surface area contributed by atoms with Crippen LogP contribution in [0.5, 0.6) is 0 Å². The molecule has 0 spiro atoms. The van der Waals surface area contributed by atoms with Gasteiger partial charge in [-0.15, -0.1) is 0 Å². The van der Waals surface area contributed by atoms with Crippen LogP contribution in [0.1, 0.15) is 31.1 Å². The lowest BCUT2D eigenvalue weighted by molar-refractivity contribution is 0.0635. The van der Waals surface area contributed by atoms with Crippen LogP contribution in [0.3, 0.4) is 0 Å². The Hall–Kier alpha value is -2.87. The van der Waals surface area contributed by atoms with Gasteiger partial charge in [-0.25, -0.2) is 13.2 Å². The Kier molecular flexibility index (Phi) is 5.90. The molecule has 0 saturated carbocycles. The molecule has 0 bridgehead atoms. The van der Waals surface area contributed by atoms with Crippen LogP contribution in [0.4, 0.5) is 16.2 Å². The second-order valence-electron chi connectivity index (χ2n) is 6.96. The monoisotopic (exact) mass is 390 g/mol. The maximum absolute atomic E-state index is 12.3. The molecule has 2 amide bonds. The van der Waals surface area contributed by atoms with Crippen molar-refractivity contribution in [1.82, 2.24) is 0 Å². The Labute approximate surface area is 158 Å². The van der Waals surface area contributed by atoms with E-state index in [0.29, 0.717) is 16.9 Å².